The first-order chi connectivity index (χ1) is 9.65. The summed E-state index contributed by atoms with van der Waals surface area (Å²) in [5, 5.41) is 0.617. The molecule has 0 radical (unpaired) electrons. The Kier molecular flexibility index (Phi) is 3.28. The number of aromatic nitrogens is 2. The summed E-state index contributed by atoms with van der Waals surface area (Å²) in [6.07, 6.45) is 0.828. The number of nitrogens with zero attached hydrogens (tertiary/aromatic N) is 2. The number of benzene rings is 1. The van der Waals surface area contributed by atoms with E-state index in [0.29, 0.717) is 5.19 Å². The van der Waals surface area contributed by atoms with Crippen LogP contribution in [0, 0.1) is 6.92 Å². The number of rotatable bonds is 3. The lowest BCUT2D eigenvalue weighted by atomic mass is 10.2. The van der Waals surface area contributed by atoms with Gasteiger partial charge in [-0.25, -0.2) is 4.98 Å². The summed E-state index contributed by atoms with van der Waals surface area (Å²) < 4.78 is 6.91. The van der Waals surface area contributed by atoms with Crippen molar-refractivity contribution < 1.29 is 4.74 Å². The number of anilines is 1. The van der Waals surface area contributed by atoms with E-state index >= 15 is 0 Å². The maximum Gasteiger partial charge on any atom is 0.279 e. The summed E-state index contributed by atoms with van der Waals surface area (Å²) in [5.41, 5.74) is 9.35. The van der Waals surface area contributed by atoms with Crippen molar-refractivity contribution in [2.45, 2.75) is 20.3 Å². The van der Waals surface area contributed by atoms with E-state index in [0.717, 1.165) is 39.5 Å². The molecular formula is C15H15N3OS. The Morgan fingerprint density at radius 1 is 1.20 bits per heavy atom. The Bertz CT molecular complexity index is 767. The molecule has 102 valence electrons. The minimum atomic E-state index is 0.617. The van der Waals surface area contributed by atoms with Gasteiger partial charge in [-0.1, -0.05) is 18.3 Å². The Morgan fingerprint density at radius 2 is 2.05 bits per heavy atom. The number of hydrogen-bond donors (Lipinski definition) is 1. The minimum Gasteiger partial charge on any atom is -0.429 e. The van der Waals surface area contributed by atoms with Crippen LogP contribution in [0.25, 0.3) is 10.2 Å². The summed E-state index contributed by atoms with van der Waals surface area (Å²) in [5.74, 6) is 0.769. The number of fused-ring (bicyclic) bond motifs is 1. The summed E-state index contributed by atoms with van der Waals surface area (Å²) >= 11 is 1.49. The summed E-state index contributed by atoms with van der Waals surface area (Å²) in [7, 11) is 0. The highest BCUT2D eigenvalue weighted by atomic mass is 32.1. The van der Waals surface area contributed by atoms with Crippen LogP contribution >= 0.6 is 11.3 Å². The average molecular weight is 285 g/mol. The first-order valence-corrected chi connectivity index (χ1v) is 7.28. The summed E-state index contributed by atoms with van der Waals surface area (Å²) in [4.78, 5) is 8.95. The van der Waals surface area contributed by atoms with E-state index in [-0.39, 0.29) is 0 Å². The fourth-order valence-electron chi connectivity index (χ4n) is 2.00. The number of thiazole rings is 1. The Balaban J connectivity index is 1.96. The molecule has 0 saturated heterocycles. The van der Waals surface area contributed by atoms with Crippen molar-refractivity contribution in [3.8, 4) is 10.9 Å². The van der Waals surface area contributed by atoms with E-state index in [2.05, 4.69) is 16.9 Å². The average Bonchev–Trinajstić information content (AvgIpc) is 2.82. The van der Waals surface area contributed by atoms with E-state index < -0.39 is 0 Å². The standard InChI is InChI=1S/C15H15N3OS/c1-3-11-13(7-4-9(2)17-11)19-15-18-12-6-5-10(16)8-14(12)20-15/h4-8H,3,16H2,1-2H3. The van der Waals surface area contributed by atoms with Crippen LogP contribution < -0.4 is 10.5 Å². The molecule has 20 heavy (non-hydrogen) atoms. The smallest absolute Gasteiger partial charge is 0.279 e. The van der Waals surface area contributed by atoms with Crippen molar-refractivity contribution in [1.82, 2.24) is 9.97 Å². The van der Waals surface area contributed by atoms with Gasteiger partial charge in [-0.05, 0) is 43.7 Å². The molecule has 3 aromatic rings. The van der Waals surface area contributed by atoms with Gasteiger partial charge in [0.15, 0.2) is 5.75 Å². The lowest BCUT2D eigenvalue weighted by molar-refractivity contribution is 0.470. The number of ether oxygens (including phenoxy) is 1. The van der Waals surface area contributed by atoms with Gasteiger partial charge in [0.05, 0.1) is 15.9 Å². The van der Waals surface area contributed by atoms with Crippen LogP contribution in [-0.4, -0.2) is 9.97 Å². The van der Waals surface area contributed by atoms with Gasteiger partial charge in [0.2, 0.25) is 0 Å². The monoisotopic (exact) mass is 285 g/mol. The van der Waals surface area contributed by atoms with Gasteiger partial charge in [0, 0.05) is 11.4 Å². The second-order valence-corrected chi connectivity index (χ2v) is 5.55. The number of nitrogen functional groups attached to an aromatic ring is 1. The minimum absolute atomic E-state index is 0.617. The highest BCUT2D eigenvalue weighted by Crippen LogP contribution is 2.33. The van der Waals surface area contributed by atoms with Crippen LogP contribution in [0.5, 0.6) is 10.9 Å². The maximum absolute atomic E-state index is 5.88. The molecule has 0 aliphatic heterocycles. The fraction of sp³-hybridized carbons (Fsp3) is 0.200. The second kappa shape index (κ2) is 5.09. The van der Waals surface area contributed by atoms with Crippen molar-refractivity contribution in [3.63, 3.8) is 0 Å². The van der Waals surface area contributed by atoms with E-state index in [1.54, 1.807) is 0 Å². The second-order valence-electron chi connectivity index (χ2n) is 4.56. The Morgan fingerprint density at radius 3 is 2.85 bits per heavy atom. The van der Waals surface area contributed by atoms with Crippen molar-refractivity contribution >= 4 is 27.2 Å². The topological polar surface area (TPSA) is 61.0 Å². The number of hydrogen-bond acceptors (Lipinski definition) is 5. The zero-order chi connectivity index (χ0) is 14.1. The SMILES string of the molecule is CCc1nc(C)ccc1Oc1nc2ccc(N)cc2s1. The summed E-state index contributed by atoms with van der Waals surface area (Å²) in [6.45, 7) is 4.04. The number of aryl methyl sites for hydroxylation is 2. The molecule has 2 heterocycles. The first-order valence-electron chi connectivity index (χ1n) is 6.46. The molecule has 0 aliphatic carbocycles. The van der Waals surface area contributed by atoms with Crippen LogP contribution in [-0.2, 0) is 6.42 Å². The molecule has 0 fully saturated rings. The van der Waals surface area contributed by atoms with Crippen molar-refractivity contribution in [1.29, 1.82) is 0 Å². The van der Waals surface area contributed by atoms with E-state index in [4.69, 9.17) is 10.5 Å². The third kappa shape index (κ3) is 2.44. The zero-order valence-corrected chi connectivity index (χ0v) is 12.2. The molecule has 2 aromatic heterocycles. The van der Waals surface area contributed by atoms with Crippen LogP contribution in [0.2, 0.25) is 0 Å². The predicted molar refractivity (Wildman–Crippen MR) is 82.5 cm³/mol. The highest BCUT2D eigenvalue weighted by Gasteiger charge is 2.10. The molecule has 0 spiro atoms. The van der Waals surface area contributed by atoms with Gasteiger partial charge in [-0.2, -0.15) is 0 Å². The quantitative estimate of drug-likeness (QED) is 0.740. The number of pyridine rings is 1. The molecule has 3 rings (SSSR count). The first kappa shape index (κ1) is 12.9. The fourth-order valence-corrected chi connectivity index (χ4v) is 2.88. The largest absolute Gasteiger partial charge is 0.429 e. The van der Waals surface area contributed by atoms with Gasteiger partial charge < -0.3 is 10.5 Å². The third-order valence-electron chi connectivity index (χ3n) is 3.00. The Labute approximate surface area is 121 Å². The van der Waals surface area contributed by atoms with Crippen LogP contribution in [0.4, 0.5) is 5.69 Å². The van der Waals surface area contributed by atoms with Gasteiger partial charge in [0.1, 0.15) is 0 Å². The van der Waals surface area contributed by atoms with Crippen LogP contribution in [0.15, 0.2) is 30.3 Å². The number of nitrogens with two attached hydrogens (primary N) is 1. The zero-order valence-electron chi connectivity index (χ0n) is 11.4. The van der Waals surface area contributed by atoms with Crippen LogP contribution in [0.3, 0.4) is 0 Å². The molecule has 0 aliphatic rings. The molecule has 2 N–H and O–H groups in total. The van der Waals surface area contributed by atoms with Gasteiger partial charge in [-0.15, -0.1) is 0 Å². The molecular weight excluding hydrogens is 270 g/mol. The lowest BCUT2D eigenvalue weighted by Crippen LogP contribution is -1.95. The molecule has 1 aromatic carbocycles. The maximum atomic E-state index is 5.88. The van der Waals surface area contributed by atoms with E-state index in [9.17, 15) is 0 Å². The predicted octanol–water partition coefficient (Wildman–Crippen LogP) is 3.94. The normalized spacial score (nSPS) is 10.9. The molecule has 0 bridgehead atoms. The van der Waals surface area contributed by atoms with Crippen LogP contribution in [0.1, 0.15) is 18.3 Å². The molecule has 0 unspecified atom stereocenters. The Hall–Kier alpha value is -2.14. The van der Waals surface area contributed by atoms with Gasteiger partial charge >= 0.3 is 0 Å². The van der Waals surface area contributed by atoms with Gasteiger partial charge in [-0.3, -0.25) is 4.98 Å². The summed E-state index contributed by atoms with van der Waals surface area (Å²) in [6, 6.07) is 9.55. The lowest BCUT2D eigenvalue weighted by Gasteiger charge is -2.07. The molecule has 4 nitrogen and oxygen atoms in total. The molecule has 0 saturated carbocycles. The van der Waals surface area contributed by atoms with Crippen molar-refractivity contribution in [2.75, 3.05) is 5.73 Å². The molecule has 0 atom stereocenters. The highest BCUT2D eigenvalue weighted by molar-refractivity contribution is 7.20. The van der Waals surface area contributed by atoms with Gasteiger partial charge in [0.25, 0.3) is 5.19 Å². The molecule has 5 heteroatoms. The van der Waals surface area contributed by atoms with Crippen molar-refractivity contribution in [2.24, 2.45) is 0 Å². The van der Waals surface area contributed by atoms with Crippen molar-refractivity contribution in [3.05, 3.63) is 41.7 Å². The third-order valence-corrected chi connectivity index (χ3v) is 3.89. The van der Waals surface area contributed by atoms with E-state index in [1.165, 1.54) is 11.3 Å². The molecule has 0 amide bonds. The van der Waals surface area contributed by atoms with E-state index in [1.807, 2.05) is 37.3 Å².